The molecule has 2 aliphatic rings. The van der Waals surface area contributed by atoms with Crippen LogP contribution in [0.1, 0.15) is 50.2 Å². The molecule has 2 N–H and O–H groups in total. The Morgan fingerprint density at radius 3 is 2.85 bits per heavy atom. The van der Waals surface area contributed by atoms with Crippen LogP contribution in [0.25, 0.3) is 0 Å². The van der Waals surface area contributed by atoms with Gasteiger partial charge >= 0.3 is 0 Å². The first-order valence-electron chi connectivity index (χ1n) is 8.17. The molecule has 0 aromatic heterocycles. The lowest BCUT2D eigenvalue weighted by Crippen LogP contribution is -2.48. The summed E-state index contributed by atoms with van der Waals surface area (Å²) in [6.07, 6.45) is 7.86. The molecule has 2 heteroatoms. The monoisotopic (exact) mass is 273 g/mol. The van der Waals surface area contributed by atoms with Gasteiger partial charge in [0.05, 0.1) is 5.60 Å². The van der Waals surface area contributed by atoms with Crippen molar-refractivity contribution in [2.24, 2.45) is 5.92 Å². The number of hydrogen-bond acceptors (Lipinski definition) is 2. The molecule has 0 bridgehead atoms. The maximum Gasteiger partial charge on any atom is 0.0774 e. The van der Waals surface area contributed by atoms with Crippen molar-refractivity contribution < 1.29 is 5.11 Å². The number of nitrogens with one attached hydrogen (secondary N) is 1. The number of rotatable bonds is 3. The van der Waals surface area contributed by atoms with Crippen molar-refractivity contribution in [2.75, 3.05) is 6.54 Å². The normalized spacial score (nSPS) is 33.7. The summed E-state index contributed by atoms with van der Waals surface area (Å²) >= 11 is 0. The Bertz CT molecular complexity index is 458. The number of benzene rings is 1. The zero-order valence-electron chi connectivity index (χ0n) is 12.6. The van der Waals surface area contributed by atoms with Crippen LogP contribution in [0.4, 0.5) is 0 Å². The largest absolute Gasteiger partial charge is 0.389 e. The molecule has 3 atom stereocenters. The highest BCUT2D eigenvalue weighted by atomic mass is 16.3. The van der Waals surface area contributed by atoms with Crippen molar-refractivity contribution >= 4 is 0 Å². The fourth-order valence-corrected chi connectivity index (χ4v) is 4.00. The van der Waals surface area contributed by atoms with Gasteiger partial charge in [-0.2, -0.15) is 0 Å². The fraction of sp³-hybridized carbons (Fsp3) is 0.667. The average Bonchev–Trinajstić information content (AvgIpc) is 2.45. The SMILES string of the molecule is CC1CCCC(O)(CNC2CCc3ccccc3C2)C1. The summed E-state index contributed by atoms with van der Waals surface area (Å²) in [7, 11) is 0. The first kappa shape index (κ1) is 14.1. The average molecular weight is 273 g/mol. The molecular formula is C18H27NO. The van der Waals surface area contributed by atoms with Crippen LogP contribution in [-0.4, -0.2) is 23.3 Å². The van der Waals surface area contributed by atoms with Crippen LogP contribution in [0, 0.1) is 5.92 Å². The molecule has 0 amide bonds. The van der Waals surface area contributed by atoms with E-state index in [1.54, 1.807) is 0 Å². The van der Waals surface area contributed by atoms with Gasteiger partial charge < -0.3 is 10.4 Å². The molecule has 0 aliphatic heterocycles. The first-order chi connectivity index (χ1) is 9.65. The Hall–Kier alpha value is -0.860. The zero-order chi connectivity index (χ0) is 14.0. The molecule has 1 fully saturated rings. The van der Waals surface area contributed by atoms with Crippen LogP contribution in [0.3, 0.4) is 0 Å². The molecule has 0 radical (unpaired) electrons. The second-order valence-electron chi connectivity index (χ2n) is 7.02. The molecule has 2 aliphatic carbocycles. The lowest BCUT2D eigenvalue weighted by atomic mass is 9.78. The van der Waals surface area contributed by atoms with Crippen molar-refractivity contribution in [1.82, 2.24) is 5.32 Å². The Kier molecular flexibility index (Phi) is 4.13. The molecule has 0 saturated heterocycles. The van der Waals surface area contributed by atoms with Crippen molar-refractivity contribution in [3.8, 4) is 0 Å². The highest BCUT2D eigenvalue weighted by Gasteiger charge is 2.33. The Morgan fingerprint density at radius 1 is 1.25 bits per heavy atom. The van der Waals surface area contributed by atoms with E-state index in [1.807, 2.05) is 0 Å². The maximum absolute atomic E-state index is 10.7. The van der Waals surface area contributed by atoms with Crippen LogP contribution in [0.15, 0.2) is 24.3 Å². The van der Waals surface area contributed by atoms with Crippen LogP contribution in [-0.2, 0) is 12.8 Å². The van der Waals surface area contributed by atoms with E-state index in [-0.39, 0.29) is 0 Å². The second kappa shape index (κ2) is 5.87. The summed E-state index contributed by atoms with van der Waals surface area (Å²) in [4.78, 5) is 0. The van der Waals surface area contributed by atoms with E-state index in [4.69, 9.17) is 0 Å². The summed E-state index contributed by atoms with van der Waals surface area (Å²) in [5.41, 5.74) is 2.53. The van der Waals surface area contributed by atoms with Gasteiger partial charge in [0, 0.05) is 12.6 Å². The minimum Gasteiger partial charge on any atom is -0.389 e. The number of fused-ring (bicyclic) bond motifs is 1. The lowest BCUT2D eigenvalue weighted by Gasteiger charge is -2.37. The van der Waals surface area contributed by atoms with Crippen molar-refractivity contribution in [2.45, 2.75) is 63.5 Å². The van der Waals surface area contributed by atoms with Gasteiger partial charge in [-0.05, 0) is 49.1 Å². The lowest BCUT2D eigenvalue weighted by molar-refractivity contribution is -0.0140. The topological polar surface area (TPSA) is 32.3 Å². The van der Waals surface area contributed by atoms with Crippen LogP contribution in [0.5, 0.6) is 0 Å². The molecule has 2 nitrogen and oxygen atoms in total. The smallest absolute Gasteiger partial charge is 0.0774 e. The van der Waals surface area contributed by atoms with E-state index in [1.165, 1.54) is 36.8 Å². The van der Waals surface area contributed by atoms with Gasteiger partial charge in [-0.1, -0.05) is 44.0 Å². The predicted molar refractivity (Wildman–Crippen MR) is 82.8 cm³/mol. The summed E-state index contributed by atoms with van der Waals surface area (Å²) in [6.45, 7) is 3.03. The van der Waals surface area contributed by atoms with E-state index in [2.05, 4.69) is 36.5 Å². The Labute approximate surface area is 122 Å². The van der Waals surface area contributed by atoms with Gasteiger partial charge in [0.25, 0.3) is 0 Å². The quantitative estimate of drug-likeness (QED) is 0.887. The summed E-state index contributed by atoms with van der Waals surface area (Å²) in [5.74, 6) is 0.669. The van der Waals surface area contributed by atoms with E-state index < -0.39 is 5.60 Å². The molecule has 20 heavy (non-hydrogen) atoms. The van der Waals surface area contributed by atoms with Crippen LogP contribution >= 0.6 is 0 Å². The highest BCUT2D eigenvalue weighted by Crippen LogP contribution is 2.32. The second-order valence-corrected chi connectivity index (χ2v) is 7.02. The molecule has 110 valence electrons. The zero-order valence-corrected chi connectivity index (χ0v) is 12.6. The summed E-state index contributed by atoms with van der Waals surface area (Å²) in [6, 6.07) is 9.31. The first-order valence-corrected chi connectivity index (χ1v) is 8.17. The minimum atomic E-state index is -0.464. The number of aliphatic hydroxyl groups is 1. The van der Waals surface area contributed by atoms with Gasteiger partial charge in [0.2, 0.25) is 0 Å². The third-order valence-corrected chi connectivity index (χ3v) is 5.13. The summed E-state index contributed by atoms with van der Waals surface area (Å²) in [5, 5.41) is 14.3. The van der Waals surface area contributed by atoms with E-state index in [0.717, 1.165) is 25.8 Å². The molecule has 1 aromatic rings. The third-order valence-electron chi connectivity index (χ3n) is 5.13. The van der Waals surface area contributed by atoms with Gasteiger partial charge in [-0.3, -0.25) is 0 Å². The summed E-state index contributed by atoms with van der Waals surface area (Å²) < 4.78 is 0. The fourth-order valence-electron chi connectivity index (χ4n) is 4.00. The molecule has 0 spiro atoms. The van der Waals surface area contributed by atoms with Crippen LogP contribution < -0.4 is 5.32 Å². The molecule has 1 aromatic carbocycles. The highest BCUT2D eigenvalue weighted by molar-refractivity contribution is 5.30. The maximum atomic E-state index is 10.7. The third kappa shape index (κ3) is 3.24. The minimum absolute atomic E-state index is 0.464. The molecular weight excluding hydrogens is 246 g/mol. The predicted octanol–water partition coefficient (Wildman–Crippen LogP) is 3.07. The standard InChI is InChI=1S/C18H27NO/c1-14-5-4-10-18(20,12-14)13-19-17-9-8-15-6-2-3-7-16(15)11-17/h2-3,6-7,14,17,19-20H,4-5,8-13H2,1H3. The van der Waals surface area contributed by atoms with E-state index >= 15 is 0 Å². The molecule has 0 heterocycles. The Balaban J connectivity index is 1.55. The van der Waals surface area contributed by atoms with E-state index in [0.29, 0.717) is 12.0 Å². The van der Waals surface area contributed by atoms with Gasteiger partial charge in [0.1, 0.15) is 0 Å². The number of hydrogen-bond donors (Lipinski definition) is 2. The van der Waals surface area contributed by atoms with Gasteiger partial charge in [-0.25, -0.2) is 0 Å². The van der Waals surface area contributed by atoms with Gasteiger partial charge in [-0.15, -0.1) is 0 Å². The number of aryl methyl sites for hydroxylation is 1. The van der Waals surface area contributed by atoms with Crippen molar-refractivity contribution in [3.05, 3.63) is 35.4 Å². The molecule has 3 rings (SSSR count). The molecule has 3 unspecified atom stereocenters. The van der Waals surface area contributed by atoms with E-state index in [9.17, 15) is 5.11 Å². The van der Waals surface area contributed by atoms with Crippen molar-refractivity contribution in [1.29, 1.82) is 0 Å². The Morgan fingerprint density at radius 2 is 2.05 bits per heavy atom. The van der Waals surface area contributed by atoms with Gasteiger partial charge in [0.15, 0.2) is 0 Å². The molecule has 1 saturated carbocycles. The van der Waals surface area contributed by atoms with Crippen LogP contribution in [0.2, 0.25) is 0 Å². The van der Waals surface area contributed by atoms with Crippen molar-refractivity contribution in [3.63, 3.8) is 0 Å².